The van der Waals surface area contributed by atoms with Gasteiger partial charge in [0.2, 0.25) is 5.91 Å². The number of carbonyl (C=O) groups is 1. The highest BCUT2D eigenvalue weighted by molar-refractivity contribution is 7.99. The van der Waals surface area contributed by atoms with Crippen molar-refractivity contribution >= 4 is 23.4 Å². The maximum absolute atomic E-state index is 12.2. The van der Waals surface area contributed by atoms with Gasteiger partial charge >= 0.3 is 0 Å². The number of thioether (sulfide) groups is 1. The molecule has 1 amide bonds. The summed E-state index contributed by atoms with van der Waals surface area (Å²) in [6, 6.07) is 14.9. The molecule has 1 N–H and O–H groups in total. The molecule has 0 fully saturated rings. The zero-order valence-corrected chi connectivity index (χ0v) is 15.3. The fraction of sp³-hybridized carbons (Fsp3) is 0.158. The number of nitrogens with zero attached hydrogens (tertiary/aromatic N) is 2. The third-order valence-corrected chi connectivity index (χ3v) is 4.63. The van der Waals surface area contributed by atoms with Crippen molar-refractivity contribution in [3.8, 4) is 17.2 Å². The number of amides is 1. The standard InChI is InChI=1S/C19H19N3O3S/c1-24-16-7-3-14(4-8-16)21-18(23)13-26-19-20-11-12-22(19)15-5-9-17(25-2)10-6-15/h3-12H,13H2,1-2H3,(H,21,23). The van der Waals surface area contributed by atoms with Crippen LogP contribution in [-0.2, 0) is 4.79 Å². The van der Waals surface area contributed by atoms with Gasteiger partial charge in [0, 0.05) is 23.8 Å². The molecule has 0 aliphatic rings. The molecule has 3 rings (SSSR count). The lowest BCUT2D eigenvalue weighted by Crippen LogP contribution is -2.14. The highest BCUT2D eigenvalue weighted by Gasteiger charge is 2.10. The van der Waals surface area contributed by atoms with E-state index in [2.05, 4.69) is 10.3 Å². The van der Waals surface area contributed by atoms with Crippen LogP contribution in [0.2, 0.25) is 0 Å². The minimum absolute atomic E-state index is 0.0931. The minimum atomic E-state index is -0.0931. The average molecular weight is 369 g/mol. The molecule has 0 saturated heterocycles. The van der Waals surface area contributed by atoms with Crippen molar-refractivity contribution in [2.45, 2.75) is 5.16 Å². The Bertz CT molecular complexity index is 860. The first-order valence-electron chi connectivity index (χ1n) is 7.94. The molecular formula is C19H19N3O3S. The maximum atomic E-state index is 12.2. The second-order valence-corrected chi connectivity index (χ2v) is 6.29. The zero-order chi connectivity index (χ0) is 18.4. The number of methoxy groups -OCH3 is 2. The predicted molar refractivity (Wildman–Crippen MR) is 102 cm³/mol. The second-order valence-electron chi connectivity index (χ2n) is 5.34. The fourth-order valence-corrected chi connectivity index (χ4v) is 3.11. The molecular weight excluding hydrogens is 350 g/mol. The van der Waals surface area contributed by atoms with Crippen molar-refractivity contribution in [1.82, 2.24) is 9.55 Å². The van der Waals surface area contributed by atoms with Crippen molar-refractivity contribution in [1.29, 1.82) is 0 Å². The Hall–Kier alpha value is -2.93. The molecule has 0 unspecified atom stereocenters. The van der Waals surface area contributed by atoms with Gasteiger partial charge in [-0.1, -0.05) is 11.8 Å². The zero-order valence-electron chi connectivity index (χ0n) is 14.5. The predicted octanol–water partition coefficient (Wildman–Crippen LogP) is 3.62. The van der Waals surface area contributed by atoms with Gasteiger partial charge in [0.05, 0.1) is 20.0 Å². The van der Waals surface area contributed by atoms with Crippen LogP contribution >= 0.6 is 11.8 Å². The summed E-state index contributed by atoms with van der Waals surface area (Å²) < 4.78 is 12.2. The summed E-state index contributed by atoms with van der Waals surface area (Å²) in [6.45, 7) is 0. The summed E-state index contributed by atoms with van der Waals surface area (Å²) in [4.78, 5) is 16.5. The summed E-state index contributed by atoms with van der Waals surface area (Å²) in [5, 5.41) is 3.61. The van der Waals surface area contributed by atoms with Gasteiger partial charge in [0.1, 0.15) is 11.5 Å². The number of hydrogen-bond acceptors (Lipinski definition) is 5. The number of carbonyl (C=O) groups excluding carboxylic acids is 1. The topological polar surface area (TPSA) is 65.4 Å². The highest BCUT2D eigenvalue weighted by atomic mass is 32.2. The van der Waals surface area contributed by atoms with E-state index in [1.54, 1.807) is 44.7 Å². The molecule has 7 heteroatoms. The summed E-state index contributed by atoms with van der Waals surface area (Å²) >= 11 is 1.38. The molecule has 1 aromatic heterocycles. The lowest BCUT2D eigenvalue weighted by Gasteiger charge is -2.09. The molecule has 0 bridgehead atoms. The van der Waals surface area contributed by atoms with Gasteiger partial charge in [0.25, 0.3) is 0 Å². The molecule has 0 aliphatic heterocycles. The van der Waals surface area contributed by atoms with Crippen molar-refractivity contribution in [2.75, 3.05) is 25.3 Å². The van der Waals surface area contributed by atoms with Crippen molar-refractivity contribution in [3.05, 3.63) is 60.9 Å². The van der Waals surface area contributed by atoms with Crippen LogP contribution in [0.25, 0.3) is 5.69 Å². The molecule has 2 aromatic carbocycles. The van der Waals surface area contributed by atoms with Crippen LogP contribution in [0.4, 0.5) is 5.69 Å². The molecule has 0 spiro atoms. The number of aromatic nitrogens is 2. The van der Waals surface area contributed by atoms with Crippen LogP contribution in [0, 0.1) is 0 Å². The van der Waals surface area contributed by atoms with Crippen LogP contribution in [0.15, 0.2) is 66.1 Å². The number of benzene rings is 2. The van der Waals surface area contributed by atoms with E-state index in [9.17, 15) is 4.79 Å². The Morgan fingerprint density at radius 1 is 1.04 bits per heavy atom. The van der Waals surface area contributed by atoms with E-state index in [-0.39, 0.29) is 11.7 Å². The normalized spacial score (nSPS) is 10.4. The first-order chi connectivity index (χ1) is 12.7. The van der Waals surface area contributed by atoms with Crippen molar-refractivity contribution < 1.29 is 14.3 Å². The Morgan fingerprint density at radius 2 is 1.65 bits per heavy atom. The Morgan fingerprint density at radius 3 is 2.27 bits per heavy atom. The van der Waals surface area contributed by atoms with Gasteiger partial charge in [-0.2, -0.15) is 0 Å². The summed E-state index contributed by atoms with van der Waals surface area (Å²) in [7, 11) is 3.24. The number of hydrogen-bond donors (Lipinski definition) is 1. The monoisotopic (exact) mass is 369 g/mol. The van der Waals surface area contributed by atoms with Crippen molar-refractivity contribution in [2.24, 2.45) is 0 Å². The highest BCUT2D eigenvalue weighted by Crippen LogP contribution is 2.22. The van der Waals surface area contributed by atoms with Gasteiger partial charge in [-0.3, -0.25) is 9.36 Å². The number of ether oxygens (including phenoxy) is 2. The number of nitrogens with one attached hydrogen (secondary N) is 1. The lowest BCUT2D eigenvalue weighted by molar-refractivity contribution is -0.113. The van der Waals surface area contributed by atoms with E-state index in [1.807, 2.05) is 35.0 Å². The molecule has 0 radical (unpaired) electrons. The fourth-order valence-electron chi connectivity index (χ4n) is 2.34. The van der Waals surface area contributed by atoms with E-state index in [1.165, 1.54) is 11.8 Å². The maximum Gasteiger partial charge on any atom is 0.234 e. The van der Waals surface area contributed by atoms with E-state index in [4.69, 9.17) is 9.47 Å². The van der Waals surface area contributed by atoms with E-state index < -0.39 is 0 Å². The molecule has 1 heterocycles. The number of rotatable bonds is 7. The Kier molecular flexibility index (Phi) is 5.80. The molecule has 26 heavy (non-hydrogen) atoms. The lowest BCUT2D eigenvalue weighted by atomic mass is 10.3. The molecule has 0 aliphatic carbocycles. The third-order valence-electron chi connectivity index (χ3n) is 3.66. The third kappa shape index (κ3) is 4.37. The first-order valence-corrected chi connectivity index (χ1v) is 8.92. The summed E-state index contributed by atoms with van der Waals surface area (Å²) in [5.74, 6) is 1.71. The molecule has 134 valence electrons. The Balaban J connectivity index is 1.60. The van der Waals surface area contributed by atoms with Gasteiger partial charge in [0.15, 0.2) is 5.16 Å². The SMILES string of the molecule is COc1ccc(NC(=O)CSc2nccn2-c2ccc(OC)cc2)cc1. The van der Waals surface area contributed by atoms with Crippen LogP contribution < -0.4 is 14.8 Å². The van der Waals surface area contributed by atoms with Crippen LogP contribution in [0.5, 0.6) is 11.5 Å². The molecule has 0 atom stereocenters. The second kappa shape index (κ2) is 8.44. The van der Waals surface area contributed by atoms with E-state index in [0.717, 1.165) is 28.0 Å². The van der Waals surface area contributed by atoms with Gasteiger partial charge in [-0.25, -0.2) is 4.98 Å². The van der Waals surface area contributed by atoms with E-state index in [0.29, 0.717) is 0 Å². The van der Waals surface area contributed by atoms with Crippen LogP contribution in [-0.4, -0.2) is 35.4 Å². The Labute approximate surface area is 156 Å². The van der Waals surface area contributed by atoms with E-state index >= 15 is 0 Å². The molecule has 3 aromatic rings. The van der Waals surface area contributed by atoms with Gasteiger partial charge < -0.3 is 14.8 Å². The largest absolute Gasteiger partial charge is 0.497 e. The van der Waals surface area contributed by atoms with Crippen LogP contribution in [0.3, 0.4) is 0 Å². The quantitative estimate of drug-likeness (QED) is 0.645. The smallest absolute Gasteiger partial charge is 0.234 e. The number of anilines is 1. The minimum Gasteiger partial charge on any atom is -0.497 e. The summed E-state index contributed by atoms with van der Waals surface area (Å²) in [6.07, 6.45) is 3.58. The number of imidazole rings is 1. The van der Waals surface area contributed by atoms with Crippen molar-refractivity contribution in [3.63, 3.8) is 0 Å². The van der Waals surface area contributed by atoms with Crippen LogP contribution in [0.1, 0.15) is 0 Å². The molecule has 6 nitrogen and oxygen atoms in total. The summed E-state index contributed by atoms with van der Waals surface area (Å²) in [5.41, 5.74) is 1.69. The van der Waals surface area contributed by atoms with Gasteiger partial charge in [-0.05, 0) is 48.5 Å². The van der Waals surface area contributed by atoms with Gasteiger partial charge in [-0.15, -0.1) is 0 Å². The average Bonchev–Trinajstić information content (AvgIpc) is 3.15. The molecule has 0 saturated carbocycles. The first kappa shape index (κ1) is 17.9.